The van der Waals surface area contributed by atoms with E-state index in [1.807, 2.05) is 67.6 Å². The first-order chi connectivity index (χ1) is 17.5. The second kappa shape index (κ2) is 10.3. The highest BCUT2D eigenvalue weighted by Gasteiger charge is 2.35. The SMILES string of the molecule is COc1cc(/C=C2\SC(=O)N(Cc3ccc(C)cc3)C2=O)ccc1OCc1cccc2ccccc12. The number of imide groups is 1. The minimum absolute atomic E-state index is 0.257. The summed E-state index contributed by atoms with van der Waals surface area (Å²) in [6, 6.07) is 27.7. The molecule has 1 heterocycles. The summed E-state index contributed by atoms with van der Waals surface area (Å²) >= 11 is 0.952. The minimum Gasteiger partial charge on any atom is -0.493 e. The molecule has 0 unspecified atom stereocenters. The van der Waals surface area contributed by atoms with Crippen LogP contribution in [-0.4, -0.2) is 23.2 Å². The third kappa shape index (κ3) is 4.99. The van der Waals surface area contributed by atoms with Gasteiger partial charge in [0.1, 0.15) is 6.61 Å². The van der Waals surface area contributed by atoms with Crippen molar-refractivity contribution in [2.75, 3.05) is 7.11 Å². The monoisotopic (exact) mass is 495 g/mol. The van der Waals surface area contributed by atoms with Gasteiger partial charge in [-0.15, -0.1) is 0 Å². The number of hydrogen-bond donors (Lipinski definition) is 0. The number of ether oxygens (including phenoxy) is 2. The lowest BCUT2D eigenvalue weighted by molar-refractivity contribution is -0.123. The average Bonchev–Trinajstić information content (AvgIpc) is 3.16. The molecule has 1 aliphatic heterocycles. The second-order valence-corrected chi connectivity index (χ2v) is 9.58. The third-order valence-electron chi connectivity index (χ3n) is 6.08. The Morgan fingerprint density at radius 1 is 0.889 bits per heavy atom. The van der Waals surface area contributed by atoms with Crippen LogP contribution in [0.2, 0.25) is 0 Å². The number of carbonyl (C=O) groups is 2. The number of aryl methyl sites for hydroxylation is 1. The maximum atomic E-state index is 12.9. The summed E-state index contributed by atoms with van der Waals surface area (Å²) in [5, 5.41) is 2.04. The molecule has 0 aliphatic carbocycles. The fraction of sp³-hybridized carbons (Fsp3) is 0.133. The fourth-order valence-corrected chi connectivity index (χ4v) is 4.97. The number of hydrogen-bond acceptors (Lipinski definition) is 5. The molecule has 0 aromatic heterocycles. The molecule has 180 valence electrons. The van der Waals surface area contributed by atoms with Gasteiger partial charge in [-0.2, -0.15) is 0 Å². The maximum Gasteiger partial charge on any atom is 0.293 e. The van der Waals surface area contributed by atoms with Gasteiger partial charge >= 0.3 is 0 Å². The summed E-state index contributed by atoms with van der Waals surface area (Å²) in [4.78, 5) is 27.1. The Balaban J connectivity index is 1.32. The molecule has 2 amide bonds. The molecule has 1 aliphatic rings. The molecular formula is C30H25NO4S. The van der Waals surface area contributed by atoms with Crippen LogP contribution in [0.25, 0.3) is 16.8 Å². The molecule has 1 fully saturated rings. The molecule has 36 heavy (non-hydrogen) atoms. The summed E-state index contributed by atoms with van der Waals surface area (Å²) in [5.74, 6) is 0.874. The Labute approximate surface area is 214 Å². The Kier molecular flexibility index (Phi) is 6.78. The Bertz CT molecular complexity index is 1470. The van der Waals surface area contributed by atoms with Gasteiger partial charge in [-0.3, -0.25) is 14.5 Å². The van der Waals surface area contributed by atoms with Gasteiger partial charge in [-0.05, 0) is 64.4 Å². The standard InChI is InChI=1S/C30H25NO4S/c1-20-10-12-21(13-11-20)18-31-29(32)28(36-30(31)33)17-22-14-15-26(27(16-22)34-2)35-19-24-8-5-7-23-6-3-4-9-25(23)24/h3-17H,18-19H2,1-2H3/b28-17-. The van der Waals surface area contributed by atoms with Gasteiger partial charge in [0.2, 0.25) is 0 Å². The van der Waals surface area contributed by atoms with E-state index in [4.69, 9.17) is 9.47 Å². The molecule has 0 N–H and O–H groups in total. The lowest BCUT2D eigenvalue weighted by Gasteiger charge is -2.13. The molecule has 0 spiro atoms. The first kappa shape index (κ1) is 23.7. The summed E-state index contributed by atoms with van der Waals surface area (Å²) in [7, 11) is 1.58. The molecule has 4 aromatic rings. The van der Waals surface area contributed by atoms with Gasteiger partial charge in [0.15, 0.2) is 11.5 Å². The van der Waals surface area contributed by atoms with Crippen LogP contribution >= 0.6 is 11.8 Å². The zero-order valence-electron chi connectivity index (χ0n) is 20.1. The van der Waals surface area contributed by atoms with Crippen molar-refractivity contribution >= 4 is 39.8 Å². The molecule has 1 saturated heterocycles. The number of benzene rings is 4. The Morgan fingerprint density at radius 3 is 2.47 bits per heavy atom. The number of amides is 2. The van der Waals surface area contributed by atoms with Gasteiger partial charge in [0.25, 0.3) is 11.1 Å². The van der Waals surface area contributed by atoms with E-state index in [9.17, 15) is 9.59 Å². The lowest BCUT2D eigenvalue weighted by atomic mass is 10.1. The van der Waals surface area contributed by atoms with Crippen molar-refractivity contribution in [3.8, 4) is 11.5 Å². The number of rotatable bonds is 7. The number of methoxy groups -OCH3 is 1. The van der Waals surface area contributed by atoms with Crippen molar-refractivity contribution in [2.24, 2.45) is 0 Å². The van der Waals surface area contributed by atoms with Gasteiger partial charge in [0, 0.05) is 0 Å². The fourth-order valence-electron chi connectivity index (χ4n) is 4.13. The normalized spacial score (nSPS) is 14.6. The molecule has 4 aromatic carbocycles. The predicted octanol–water partition coefficient (Wildman–Crippen LogP) is 6.97. The molecule has 5 nitrogen and oxygen atoms in total. The summed E-state index contributed by atoms with van der Waals surface area (Å²) in [6.45, 7) is 2.66. The van der Waals surface area contributed by atoms with E-state index in [0.717, 1.165) is 44.8 Å². The molecule has 6 heteroatoms. The number of nitrogens with zero attached hydrogens (tertiary/aromatic N) is 1. The van der Waals surface area contributed by atoms with E-state index >= 15 is 0 Å². The number of carbonyl (C=O) groups excluding carboxylic acids is 2. The highest BCUT2D eigenvalue weighted by molar-refractivity contribution is 8.18. The van der Waals surface area contributed by atoms with Crippen molar-refractivity contribution in [1.29, 1.82) is 0 Å². The van der Waals surface area contributed by atoms with Gasteiger partial charge in [-0.1, -0.05) is 78.4 Å². The summed E-state index contributed by atoms with van der Waals surface area (Å²) in [5.41, 5.74) is 3.89. The summed E-state index contributed by atoms with van der Waals surface area (Å²) in [6.07, 6.45) is 1.72. The average molecular weight is 496 g/mol. The third-order valence-corrected chi connectivity index (χ3v) is 6.99. The van der Waals surface area contributed by atoms with Crippen LogP contribution in [0.4, 0.5) is 4.79 Å². The maximum absolute atomic E-state index is 12.9. The Hall–Kier alpha value is -4.03. The topological polar surface area (TPSA) is 55.8 Å². The molecule has 0 atom stereocenters. The molecular weight excluding hydrogens is 470 g/mol. The van der Waals surface area contributed by atoms with Gasteiger partial charge in [0.05, 0.1) is 18.6 Å². The van der Waals surface area contributed by atoms with Crippen LogP contribution < -0.4 is 9.47 Å². The molecule has 0 radical (unpaired) electrons. The Morgan fingerprint density at radius 2 is 1.67 bits per heavy atom. The van der Waals surface area contributed by atoms with Crippen LogP contribution in [-0.2, 0) is 17.9 Å². The number of thioether (sulfide) groups is 1. The van der Waals surface area contributed by atoms with E-state index < -0.39 is 0 Å². The molecule has 0 bridgehead atoms. The first-order valence-corrected chi connectivity index (χ1v) is 12.4. The van der Waals surface area contributed by atoms with E-state index in [2.05, 4.69) is 24.3 Å². The lowest BCUT2D eigenvalue weighted by Crippen LogP contribution is -2.27. The van der Waals surface area contributed by atoms with Gasteiger partial charge < -0.3 is 9.47 Å². The van der Waals surface area contributed by atoms with E-state index in [-0.39, 0.29) is 17.7 Å². The zero-order valence-corrected chi connectivity index (χ0v) is 20.9. The molecule has 5 rings (SSSR count). The van der Waals surface area contributed by atoms with Crippen molar-refractivity contribution in [3.63, 3.8) is 0 Å². The van der Waals surface area contributed by atoms with E-state index in [1.54, 1.807) is 13.2 Å². The van der Waals surface area contributed by atoms with Crippen LogP contribution in [0.1, 0.15) is 22.3 Å². The van der Waals surface area contributed by atoms with Crippen molar-refractivity contribution in [2.45, 2.75) is 20.1 Å². The highest BCUT2D eigenvalue weighted by Crippen LogP contribution is 2.35. The zero-order chi connectivity index (χ0) is 25.1. The van der Waals surface area contributed by atoms with E-state index in [1.165, 1.54) is 4.90 Å². The predicted molar refractivity (Wildman–Crippen MR) is 144 cm³/mol. The van der Waals surface area contributed by atoms with Crippen molar-refractivity contribution in [3.05, 3.63) is 112 Å². The first-order valence-electron chi connectivity index (χ1n) is 11.6. The molecule has 0 saturated carbocycles. The van der Waals surface area contributed by atoms with Crippen LogP contribution in [0.15, 0.2) is 89.8 Å². The van der Waals surface area contributed by atoms with E-state index in [0.29, 0.717) is 23.0 Å². The van der Waals surface area contributed by atoms with Crippen LogP contribution in [0.3, 0.4) is 0 Å². The van der Waals surface area contributed by atoms with Crippen LogP contribution in [0.5, 0.6) is 11.5 Å². The van der Waals surface area contributed by atoms with Gasteiger partial charge in [-0.25, -0.2) is 0 Å². The minimum atomic E-state index is -0.291. The smallest absolute Gasteiger partial charge is 0.293 e. The quantitative estimate of drug-likeness (QED) is 0.259. The summed E-state index contributed by atoms with van der Waals surface area (Å²) < 4.78 is 11.7. The van der Waals surface area contributed by atoms with Crippen molar-refractivity contribution < 1.29 is 19.1 Å². The van der Waals surface area contributed by atoms with Crippen LogP contribution in [0, 0.1) is 6.92 Å². The van der Waals surface area contributed by atoms with Crippen molar-refractivity contribution in [1.82, 2.24) is 4.90 Å². The number of fused-ring (bicyclic) bond motifs is 1. The second-order valence-electron chi connectivity index (χ2n) is 8.59. The highest BCUT2D eigenvalue weighted by atomic mass is 32.2. The largest absolute Gasteiger partial charge is 0.493 e.